The van der Waals surface area contributed by atoms with Crippen LogP contribution in [-0.4, -0.2) is 18.5 Å². The maximum Gasteiger partial charge on any atom is 0.165 e. The van der Waals surface area contributed by atoms with Gasteiger partial charge in [0.1, 0.15) is 0 Å². The standard InChI is InChI=1S/C12H24O2/c1-7-12(6)13-8-11(4,5)10(14-12)9(2)3/h9-10H,7-8H2,1-6H3/t10-,12+/m0/s1. The van der Waals surface area contributed by atoms with Gasteiger partial charge in [0.2, 0.25) is 0 Å². The van der Waals surface area contributed by atoms with Crippen LogP contribution in [0.15, 0.2) is 0 Å². The Morgan fingerprint density at radius 3 is 2.29 bits per heavy atom. The van der Waals surface area contributed by atoms with E-state index in [4.69, 9.17) is 9.47 Å². The van der Waals surface area contributed by atoms with Gasteiger partial charge in [-0.25, -0.2) is 0 Å². The molecule has 84 valence electrons. The van der Waals surface area contributed by atoms with Crippen LogP contribution in [0.5, 0.6) is 0 Å². The smallest absolute Gasteiger partial charge is 0.165 e. The summed E-state index contributed by atoms with van der Waals surface area (Å²) >= 11 is 0. The van der Waals surface area contributed by atoms with Gasteiger partial charge in [-0.2, -0.15) is 0 Å². The first-order valence-corrected chi connectivity index (χ1v) is 5.62. The van der Waals surface area contributed by atoms with E-state index in [9.17, 15) is 0 Å². The quantitative estimate of drug-likeness (QED) is 0.681. The SMILES string of the molecule is CC[C@]1(C)OCC(C)(C)[C@H](C(C)C)O1. The molecule has 2 atom stereocenters. The molecule has 0 aliphatic carbocycles. The highest BCUT2D eigenvalue weighted by Gasteiger charge is 2.44. The molecular weight excluding hydrogens is 176 g/mol. The summed E-state index contributed by atoms with van der Waals surface area (Å²) in [5.41, 5.74) is 0.128. The summed E-state index contributed by atoms with van der Waals surface area (Å²) in [7, 11) is 0. The third kappa shape index (κ3) is 2.29. The number of ether oxygens (including phenoxy) is 2. The molecular formula is C12H24O2. The molecule has 0 spiro atoms. The molecule has 2 nitrogen and oxygen atoms in total. The molecule has 2 heteroatoms. The molecule has 0 aromatic rings. The second-order valence-electron chi connectivity index (χ2n) is 5.55. The Hall–Kier alpha value is -0.0800. The Morgan fingerprint density at radius 2 is 1.86 bits per heavy atom. The summed E-state index contributed by atoms with van der Waals surface area (Å²) in [5, 5.41) is 0. The third-order valence-electron chi connectivity index (χ3n) is 3.14. The average Bonchev–Trinajstić information content (AvgIpc) is 2.09. The summed E-state index contributed by atoms with van der Waals surface area (Å²) < 4.78 is 11.9. The molecule has 1 saturated heterocycles. The summed E-state index contributed by atoms with van der Waals surface area (Å²) in [6.45, 7) is 13.8. The van der Waals surface area contributed by atoms with E-state index >= 15 is 0 Å². The molecule has 1 rings (SSSR count). The molecule has 0 N–H and O–H groups in total. The summed E-state index contributed by atoms with van der Waals surface area (Å²) in [6, 6.07) is 0. The molecule has 1 aliphatic rings. The highest BCUT2D eigenvalue weighted by molar-refractivity contribution is 4.87. The van der Waals surface area contributed by atoms with Gasteiger partial charge in [-0.15, -0.1) is 0 Å². The second kappa shape index (κ2) is 3.82. The van der Waals surface area contributed by atoms with Crippen molar-refractivity contribution in [1.29, 1.82) is 0 Å². The van der Waals surface area contributed by atoms with E-state index in [1.807, 2.05) is 6.92 Å². The number of hydrogen-bond acceptors (Lipinski definition) is 2. The van der Waals surface area contributed by atoms with Gasteiger partial charge in [-0.3, -0.25) is 0 Å². The molecule has 0 bridgehead atoms. The Labute approximate surface area is 88.0 Å². The van der Waals surface area contributed by atoms with E-state index in [2.05, 4.69) is 34.6 Å². The van der Waals surface area contributed by atoms with Gasteiger partial charge in [0.15, 0.2) is 5.79 Å². The lowest BCUT2D eigenvalue weighted by molar-refractivity contribution is -0.329. The first-order chi connectivity index (χ1) is 6.31. The predicted molar refractivity (Wildman–Crippen MR) is 58.1 cm³/mol. The topological polar surface area (TPSA) is 18.5 Å². The van der Waals surface area contributed by atoms with Gasteiger partial charge in [-0.05, 0) is 19.3 Å². The summed E-state index contributed by atoms with van der Waals surface area (Å²) in [4.78, 5) is 0. The molecule has 0 aromatic carbocycles. The molecule has 0 radical (unpaired) electrons. The maximum absolute atomic E-state index is 6.08. The third-order valence-corrected chi connectivity index (χ3v) is 3.14. The van der Waals surface area contributed by atoms with Crippen molar-refractivity contribution < 1.29 is 9.47 Å². The molecule has 0 saturated carbocycles. The lowest BCUT2D eigenvalue weighted by Gasteiger charge is -2.48. The lowest BCUT2D eigenvalue weighted by Crippen LogP contribution is -2.53. The monoisotopic (exact) mass is 200 g/mol. The molecule has 1 aliphatic heterocycles. The van der Waals surface area contributed by atoms with Gasteiger partial charge in [0, 0.05) is 5.41 Å². The van der Waals surface area contributed by atoms with Crippen LogP contribution in [0.3, 0.4) is 0 Å². The van der Waals surface area contributed by atoms with Gasteiger partial charge in [-0.1, -0.05) is 34.6 Å². The van der Waals surface area contributed by atoms with Crippen molar-refractivity contribution in [2.24, 2.45) is 11.3 Å². The molecule has 1 heterocycles. The number of hydrogen-bond donors (Lipinski definition) is 0. The minimum absolute atomic E-state index is 0.128. The largest absolute Gasteiger partial charge is 0.350 e. The van der Waals surface area contributed by atoms with Crippen LogP contribution in [0.25, 0.3) is 0 Å². The first kappa shape index (κ1) is 12.0. The van der Waals surface area contributed by atoms with Crippen molar-refractivity contribution in [2.75, 3.05) is 6.61 Å². The zero-order valence-corrected chi connectivity index (χ0v) is 10.4. The van der Waals surface area contributed by atoms with Crippen molar-refractivity contribution in [1.82, 2.24) is 0 Å². The van der Waals surface area contributed by atoms with Crippen LogP contribution in [0.2, 0.25) is 0 Å². The van der Waals surface area contributed by atoms with Crippen LogP contribution >= 0.6 is 0 Å². The van der Waals surface area contributed by atoms with Crippen LogP contribution in [0.4, 0.5) is 0 Å². The van der Waals surface area contributed by atoms with Crippen molar-refractivity contribution in [3.63, 3.8) is 0 Å². The minimum Gasteiger partial charge on any atom is -0.350 e. The van der Waals surface area contributed by atoms with E-state index in [0.29, 0.717) is 12.0 Å². The van der Waals surface area contributed by atoms with Crippen LogP contribution < -0.4 is 0 Å². The predicted octanol–water partition coefficient (Wildman–Crippen LogP) is 3.21. The zero-order valence-electron chi connectivity index (χ0n) is 10.4. The summed E-state index contributed by atoms with van der Waals surface area (Å²) in [6.07, 6.45) is 1.20. The highest BCUT2D eigenvalue weighted by Crippen LogP contribution is 2.39. The molecule has 0 amide bonds. The minimum atomic E-state index is -0.371. The molecule has 0 unspecified atom stereocenters. The number of rotatable bonds is 2. The second-order valence-corrected chi connectivity index (χ2v) is 5.55. The van der Waals surface area contributed by atoms with Crippen LogP contribution in [-0.2, 0) is 9.47 Å². The first-order valence-electron chi connectivity index (χ1n) is 5.62. The fourth-order valence-corrected chi connectivity index (χ4v) is 2.11. The maximum atomic E-state index is 6.08. The molecule has 14 heavy (non-hydrogen) atoms. The van der Waals surface area contributed by atoms with E-state index < -0.39 is 0 Å². The van der Waals surface area contributed by atoms with Gasteiger partial charge < -0.3 is 9.47 Å². The van der Waals surface area contributed by atoms with Crippen LogP contribution in [0, 0.1) is 11.3 Å². The average molecular weight is 200 g/mol. The van der Waals surface area contributed by atoms with Crippen molar-refractivity contribution in [2.45, 2.75) is 59.9 Å². The van der Waals surface area contributed by atoms with E-state index in [0.717, 1.165) is 13.0 Å². The van der Waals surface area contributed by atoms with E-state index in [-0.39, 0.29) is 11.2 Å². The lowest BCUT2D eigenvalue weighted by atomic mass is 9.80. The Kier molecular flexibility index (Phi) is 3.27. The van der Waals surface area contributed by atoms with E-state index in [1.165, 1.54) is 0 Å². The normalized spacial score (nSPS) is 37.5. The highest BCUT2D eigenvalue weighted by atomic mass is 16.7. The Balaban J connectivity index is 2.77. The summed E-state index contributed by atoms with van der Waals surface area (Å²) in [5.74, 6) is 0.171. The Bertz CT molecular complexity index is 198. The molecule has 0 aromatic heterocycles. The van der Waals surface area contributed by atoms with Gasteiger partial charge in [0.25, 0.3) is 0 Å². The molecule has 1 fully saturated rings. The van der Waals surface area contributed by atoms with Crippen LogP contribution in [0.1, 0.15) is 48.0 Å². The Morgan fingerprint density at radius 1 is 1.29 bits per heavy atom. The van der Waals surface area contributed by atoms with Crippen molar-refractivity contribution >= 4 is 0 Å². The van der Waals surface area contributed by atoms with Crippen molar-refractivity contribution in [3.8, 4) is 0 Å². The van der Waals surface area contributed by atoms with Crippen molar-refractivity contribution in [3.05, 3.63) is 0 Å². The fraction of sp³-hybridized carbons (Fsp3) is 1.00. The van der Waals surface area contributed by atoms with E-state index in [1.54, 1.807) is 0 Å². The van der Waals surface area contributed by atoms with Gasteiger partial charge in [0.05, 0.1) is 12.7 Å². The fourth-order valence-electron chi connectivity index (χ4n) is 2.11. The van der Waals surface area contributed by atoms with Gasteiger partial charge >= 0.3 is 0 Å². The zero-order chi connectivity index (χ0) is 11.0.